The van der Waals surface area contributed by atoms with Crippen molar-refractivity contribution in [1.82, 2.24) is 15.5 Å². The van der Waals surface area contributed by atoms with Gasteiger partial charge in [-0.05, 0) is 32.1 Å². The van der Waals surface area contributed by atoms with Crippen molar-refractivity contribution >= 4 is 17.9 Å². The summed E-state index contributed by atoms with van der Waals surface area (Å²) in [7, 11) is 0. The van der Waals surface area contributed by atoms with Gasteiger partial charge in [0.2, 0.25) is 5.91 Å². The van der Waals surface area contributed by atoms with Crippen LogP contribution < -0.4 is 10.6 Å². The van der Waals surface area contributed by atoms with E-state index in [1.807, 2.05) is 0 Å². The predicted octanol–water partition coefficient (Wildman–Crippen LogP) is -0.0879. The molecule has 0 aliphatic carbocycles. The van der Waals surface area contributed by atoms with Gasteiger partial charge in [0.25, 0.3) is 0 Å². The average Bonchev–Trinajstić information content (AvgIpc) is 2.99. The normalized spacial score (nSPS) is 35.8. The van der Waals surface area contributed by atoms with Crippen LogP contribution in [0.2, 0.25) is 0 Å². The van der Waals surface area contributed by atoms with Gasteiger partial charge in [-0.25, -0.2) is 4.79 Å². The standard InChI is InChI=1S/C13H19N3O4/c17-11-9(2-1-5-14-11)15-13(20)16-7-3-4-10(16)8(6-7)12(18)19/h7-10H,1-6H2,(H,14,17)(H,15,20)(H,18,19). The van der Waals surface area contributed by atoms with E-state index in [0.29, 0.717) is 19.4 Å². The zero-order chi connectivity index (χ0) is 14.3. The minimum absolute atomic E-state index is 0.00718. The van der Waals surface area contributed by atoms with Crippen molar-refractivity contribution in [2.75, 3.05) is 6.54 Å². The van der Waals surface area contributed by atoms with Crippen LogP contribution in [0.25, 0.3) is 0 Å². The number of amides is 3. The summed E-state index contributed by atoms with van der Waals surface area (Å²) in [6.07, 6.45) is 3.62. The van der Waals surface area contributed by atoms with E-state index in [1.165, 1.54) is 0 Å². The van der Waals surface area contributed by atoms with Gasteiger partial charge in [0.15, 0.2) is 0 Å². The number of carboxylic acids is 1. The second kappa shape index (κ2) is 4.96. The van der Waals surface area contributed by atoms with Crippen LogP contribution in [0.4, 0.5) is 4.79 Å². The highest BCUT2D eigenvalue weighted by atomic mass is 16.4. The van der Waals surface area contributed by atoms with Gasteiger partial charge >= 0.3 is 12.0 Å². The largest absolute Gasteiger partial charge is 0.481 e. The molecule has 3 aliphatic rings. The van der Waals surface area contributed by atoms with E-state index >= 15 is 0 Å². The summed E-state index contributed by atoms with van der Waals surface area (Å²) in [5.74, 6) is -1.43. The lowest BCUT2D eigenvalue weighted by Crippen LogP contribution is -2.54. The molecule has 4 unspecified atom stereocenters. The summed E-state index contributed by atoms with van der Waals surface area (Å²) in [5.41, 5.74) is 0. The summed E-state index contributed by atoms with van der Waals surface area (Å²) in [6, 6.07) is -0.986. The van der Waals surface area contributed by atoms with Crippen LogP contribution in [0, 0.1) is 5.92 Å². The number of carbonyl (C=O) groups excluding carboxylic acids is 2. The van der Waals surface area contributed by atoms with Crippen LogP contribution in [-0.4, -0.2) is 52.6 Å². The highest BCUT2D eigenvalue weighted by Crippen LogP contribution is 2.41. The zero-order valence-electron chi connectivity index (χ0n) is 11.2. The van der Waals surface area contributed by atoms with Crippen LogP contribution in [0.3, 0.4) is 0 Å². The van der Waals surface area contributed by atoms with E-state index in [1.54, 1.807) is 4.90 Å². The molecule has 0 saturated carbocycles. The minimum atomic E-state index is -0.828. The first-order valence-corrected chi connectivity index (χ1v) is 7.17. The van der Waals surface area contributed by atoms with Gasteiger partial charge in [-0.1, -0.05) is 0 Å². The maximum atomic E-state index is 12.3. The van der Waals surface area contributed by atoms with E-state index in [9.17, 15) is 19.5 Å². The highest BCUT2D eigenvalue weighted by molar-refractivity contribution is 5.88. The number of rotatable bonds is 2. The van der Waals surface area contributed by atoms with Crippen LogP contribution in [0.15, 0.2) is 0 Å². The third-order valence-corrected chi connectivity index (χ3v) is 4.67. The Kier molecular flexibility index (Phi) is 3.27. The Bertz CT molecular complexity index is 453. The Labute approximate surface area is 116 Å². The second-order valence-electron chi connectivity index (χ2n) is 5.82. The molecule has 0 radical (unpaired) electrons. The molecule has 7 heteroatoms. The number of hydrogen-bond acceptors (Lipinski definition) is 3. The topological polar surface area (TPSA) is 98.7 Å². The van der Waals surface area contributed by atoms with Crippen molar-refractivity contribution in [3.63, 3.8) is 0 Å². The van der Waals surface area contributed by atoms with Crippen LogP contribution >= 0.6 is 0 Å². The lowest BCUT2D eigenvalue weighted by atomic mass is 9.89. The lowest BCUT2D eigenvalue weighted by molar-refractivity contribution is -0.142. The third-order valence-electron chi connectivity index (χ3n) is 4.67. The number of carbonyl (C=O) groups is 3. The van der Waals surface area contributed by atoms with E-state index < -0.39 is 17.9 Å². The van der Waals surface area contributed by atoms with Gasteiger partial charge in [-0.15, -0.1) is 0 Å². The fourth-order valence-electron chi connectivity index (χ4n) is 3.70. The molecule has 3 N–H and O–H groups in total. The average molecular weight is 281 g/mol. The first kappa shape index (κ1) is 13.2. The molecule has 3 rings (SSSR count). The monoisotopic (exact) mass is 281 g/mol. The SMILES string of the molecule is O=C1NCCCC1NC(=O)N1C2CCC1C(C(=O)O)C2. The molecule has 3 fully saturated rings. The highest BCUT2D eigenvalue weighted by Gasteiger charge is 2.51. The minimum Gasteiger partial charge on any atom is -0.481 e. The Morgan fingerprint density at radius 1 is 1.30 bits per heavy atom. The second-order valence-corrected chi connectivity index (χ2v) is 5.82. The number of fused-ring (bicyclic) bond motifs is 2. The summed E-state index contributed by atoms with van der Waals surface area (Å²) in [6.45, 7) is 0.654. The van der Waals surface area contributed by atoms with Crippen molar-refractivity contribution in [2.45, 2.75) is 50.2 Å². The van der Waals surface area contributed by atoms with Gasteiger partial charge in [0.05, 0.1) is 5.92 Å². The molecule has 3 saturated heterocycles. The van der Waals surface area contributed by atoms with E-state index in [2.05, 4.69) is 10.6 Å². The predicted molar refractivity (Wildman–Crippen MR) is 69.0 cm³/mol. The number of piperidine rings is 1. The van der Waals surface area contributed by atoms with Crippen LogP contribution in [0.5, 0.6) is 0 Å². The first-order valence-electron chi connectivity index (χ1n) is 7.17. The molecule has 20 heavy (non-hydrogen) atoms. The summed E-state index contributed by atoms with van der Waals surface area (Å²) < 4.78 is 0. The van der Waals surface area contributed by atoms with Gasteiger partial charge in [0, 0.05) is 18.6 Å². The smallest absolute Gasteiger partial charge is 0.318 e. The maximum absolute atomic E-state index is 12.3. The molecule has 7 nitrogen and oxygen atoms in total. The first-order chi connectivity index (χ1) is 9.58. The van der Waals surface area contributed by atoms with Crippen molar-refractivity contribution < 1.29 is 19.5 Å². The van der Waals surface area contributed by atoms with Crippen LogP contribution in [-0.2, 0) is 9.59 Å². The number of urea groups is 1. The Hall–Kier alpha value is -1.79. The summed E-state index contributed by atoms with van der Waals surface area (Å²) in [5, 5.41) is 14.7. The fourth-order valence-corrected chi connectivity index (χ4v) is 3.70. The number of hydrogen-bond donors (Lipinski definition) is 3. The molecule has 0 aromatic carbocycles. The molecule has 0 spiro atoms. The Morgan fingerprint density at radius 2 is 2.10 bits per heavy atom. The van der Waals surface area contributed by atoms with Crippen molar-refractivity contribution in [1.29, 1.82) is 0 Å². The number of carboxylic acid groups (broad SMARTS) is 1. The van der Waals surface area contributed by atoms with Crippen molar-refractivity contribution in [3.8, 4) is 0 Å². The quantitative estimate of drug-likeness (QED) is 0.659. The maximum Gasteiger partial charge on any atom is 0.318 e. The molecule has 3 amide bonds. The lowest BCUT2D eigenvalue weighted by Gasteiger charge is -2.28. The molecule has 3 aliphatic heterocycles. The Balaban J connectivity index is 1.66. The van der Waals surface area contributed by atoms with E-state index in [-0.39, 0.29) is 24.0 Å². The van der Waals surface area contributed by atoms with Gasteiger partial charge in [-0.2, -0.15) is 0 Å². The Morgan fingerprint density at radius 3 is 2.75 bits per heavy atom. The molecule has 2 bridgehead atoms. The molecule has 0 aromatic rings. The summed E-state index contributed by atoms with van der Waals surface area (Å²) in [4.78, 5) is 36.8. The number of aliphatic carboxylic acids is 1. The van der Waals surface area contributed by atoms with Crippen LogP contribution in [0.1, 0.15) is 32.1 Å². The fraction of sp³-hybridized carbons (Fsp3) is 0.769. The van der Waals surface area contributed by atoms with Gasteiger partial charge < -0.3 is 20.6 Å². The molecular formula is C13H19N3O4. The third kappa shape index (κ3) is 2.10. The van der Waals surface area contributed by atoms with E-state index in [4.69, 9.17) is 0 Å². The zero-order valence-corrected chi connectivity index (χ0v) is 11.2. The summed E-state index contributed by atoms with van der Waals surface area (Å²) >= 11 is 0. The molecule has 4 atom stereocenters. The number of nitrogens with one attached hydrogen (secondary N) is 2. The molecular weight excluding hydrogens is 262 g/mol. The number of nitrogens with zero attached hydrogens (tertiary/aromatic N) is 1. The molecule has 0 aromatic heterocycles. The van der Waals surface area contributed by atoms with Crippen molar-refractivity contribution in [3.05, 3.63) is 0 Å². The van der Waals surface area contributed by atoms with E-state index in [0.717, 1.165) is 19.3 Å². The van der Waals surface area contributed by atoms with Crippen molar-refractivity contribution in [2.24, 2.45) is 5.92 Å². The van der Waals surface area contributed by atoms with Gasteiger partial charge in [-0.3, -0.25) is 9.59 Å². The molecule has 3 heterocycles. The molecule has 110 valence electrons. The van der Waals surface area contributed by atoms with Gasteiger partial charge in [0.1, 0.15) is 6.04 Å².